The molecule has 0 fully saturated rings. The van der Waals surface area contributed by atoms with Crippen molar-refractivity contribution in [2.75, 3.05) is 5.32 Å². The van der Waals surface area contributed by atoms with Gasteiger partial charge in [0.05, 0.1) is 17.3 Å². The number of rotatable bonds is 4. The molecule has 0 aliphatic carbocycles. The number of carbonyl (C=O) groups is 1. The van der Waals surface area contributed by atoms with Crippen LogP contribution in [0.15, 0.2) is 18.2 Å². The summed E-state index contributed by atoms with van der Waals surface area (Å²) in [6, 6.07) is 4.51. The minimum Gasteiger partial charge on any atom is -0.444 e. The topological polar surface area (TPSA) is 108 Å². The van der Waals surface area contributed by atoms with Gasteiger partial charge in [-0.3, -0.25) is 9.50 Å². The number of amides is 1. The molecular formula is C12H17ClN2O5S. The summed E-state index contributed by atoms with van der Waals surface area (Å²) in [7, 11) is -4.02. The van der Waals surface area contributed by atoms with E-state index < -0.39 is 22.0 Å². The molecule has 0 atom stereocenters. The Kier molecular flexibility index (Phi) is 5.57. The second-order valence-corrected chi connectivity index (χ2v) is 6.82. The maximum absolute atomic E-state index is 11.6. The third-order valence-corrected chi connectivity index (χ3v) is 2.82. The summed E-state index contributed by atoms with van der Waals surface area (Å²) in [5, 5.41) is 7.43. The Bertz CT molecular complexity index is 625. The Morgan fingerprint density at radius 1 is 1.38 bits per heavy atom. The minimum atomic E-state index is -4.02. The molecule has 118 valence electrons. The van der Waals surface area contributed by atoms with E-state index in [0.29, 0.717) is 11.3 Å². The number of carbonyl (C=O) groups excluding carboxylic acids is 1. The lowest BCUT2D eigenvalue weighted by atomic mass is 10.2. The van der Waals surface area contributed by atoms with Crippen LogP contribution in [0.5, 0.6) is 0 Å². The lowest BCUT2D eigenvalue weighted by Crippen LogP contribution is -2.27. The summed E-state index contributed by atoms with van der Waals surface area (Å²) in [5.41, 5.74) is 0.203. The van der Waals surface area contributed by atoms with E-state index in [1.807, 2.05) is 0 Å². The SMILES string of the molecule is CC(C)(C)OC(=O)Nc1ccc(COS(N)(=O)=O)cc1Cl. The highest BCUT2D eigenvalue weighted by Gasteiger charge is 2.17. The van der Waals surface area contributed by atoms with Crippen LogP contribution in [0.25, 0.3) is 0 Å². The zero-order valence-electron chi connectivity index (χ0n) is 11.8. The van der Waals surface area contributed by atoms with Crippen LogP contribution in [0.2, 0.25) is 5.02 Å². The van der Waals surface area contributed by atoms with Gasteiger partial charge in [0, 0.05) is 0 Å². The number of anilines is 1. The van der Waals surface area contributed by atoms with E-state index in [-0.39, 0.29) is 11.6 Å². The third kappa shape index (κ3) is 7.28. The normalized spacial score (nSPS) is 12.0. The molecule has 1 rings (SSSR count). The Balaban J connectivity index is 2.72. The zero-order chi connectivity index (χ0) is 16.3. The van der Waals surface area contributed by atoms with Crippen LogP contribution in [0.1, 0.15) is 26.3 Å². The van der Waals surface area contributed by atoms with Gasteiger partial charge in [0.2, 0.25) is 0 Å². The van der Waals surface area contributed by atoms with E-state index in [2.05, 4.69) is 9.50 Å². The number of ether oxygens (including phenoxy) is 1. The lowest BCUT2D eigenvalue weighted by molar-refractivity contribution is 0.0636. The van der Waals surface area contributed by atoms with E-state index in [0.717, 1.165) is 0 Å². The first-order chi connectivity index (χ1) is 9.46. The molecule has 3 N–H and O–H groups in total. The van der Waals surface area contributed by atoms with Gasteiger partial charge < -0.3 is 4.74 Å². The second-order valence-electron chi connectivity index (χ2n) is 5.20. The molecular weight excluding hydrogens is 320 g/mol. The van der Waals surface area contributed by atoms with Crippen molar-refractivity contribution in [1.82, 2.24) is 0 Å². The van der Waals surface area contributed by atoms with Crippen molar-refractivity contribution in [2.24, 2.45) is 5.14 Å². The van der Waals surface area contributed by atoms with E-state index in [1.165, 1.54) is 12.1 Å². The molecule has 0 radical (unpaired) electrons. The molecule has 0 aromatic heterocycles. The van der Waals surface area contributed by atoms with Gasteiger partial charge in [0.15, 0.2) is 0 Å². The number of benzene rings is 1. The Hall–Kier alpha value is -1.35. The van der Waals surface area contributed by atoms with Gasteiger partial charge >= 0.3 is 16.4 Å². The van der Waals surface area contributed by atoms with Crippen molar-refractivity contribution in [3.05, 3.63) is 28.8 Å². The van der Waals surface area contributed by atoms with Gasteiger partial charge in [-0.1, -0.05) is 17.7 Å². The van der Waals surface area contributed by atoms with Gasteiger partial charge in [0.25, 0.3) is 0 Å². The quantitative estimate of drug-likeness (QED) is 0.877. The standard InChI is InChI=1S/C12H17ClN2O5S/c1-12(2,3)20-11(16)15-10-5-4-8(6-9(10)13)7-19-21(14,17)18/h4-6H,7H2,1-3H3,(H,15,16)(H2,14,17,18). The molecule has 0 aliphatic heterocycles. The Labute approximate surface area is 128 Å². The molecule has 1 aromatic carbocycles. The molecule has 9 heteroatoms. The van der Waals surface area contributed by atoms with Crippen LogP contribution in [0.4, 0.5) is 10.5 Å². The summed E-state index contributed by atoms with van der Waals surface area (Å²) in [4.78, 5) is 11.6. The average Bonchev–Trinajstić information content (AvgIpc) is 2.26. The van der Waals surface area contributed by atoms with Crippen LogP contribution < -0.4 is 10.5 Å². The van der Waals surface area contributed by atoms with E-state index in [9.17, 15) is 13.2 Å². The highest BCUT2D eigenvalue weighted by atomic mass is 35.5. The Morgan fingerprint density at radius 3 is 2.48 bits per heavy atom. The molecule has 0 bridgehead atoms. The molecule has 0 unspecified atom stereocenters. The highest BCUT2D eigenvalue weighted by Crippen LogP contribution is 2.24. The summed E-state index contributed by atoms with van der Waals surface area (Å²) >= 11 is 5.99. The molecule has 0 heterocycles. The number of halogens is 1. The van der Waals surface area contributed by atoms with Gasteiger partial charge in [-0.2, -0.15) is 8.42 Å². The summed E-state index contributed by atoms with van der Waals surface area (Å²) in [6.07, 6.45) is -0.641. The predicted octanol–water partition coefficient (Wildman–Crippen LogP) is 2.41. The molecule has 0 saturated carbocycles. The van der Waals surface area contributed by atoms with Crippen molar-refractivity contribution >= 4 is 33.7 Å². The van der Waals surface area contributed by atoms with Crippen LogP contribution in [-0.4, -0.2) is 20.1 Å². The van der Waals surface area contributed by atoms with Gasteiger partial charge in [-0.05, 0) is 38.5 Å². The summed E-state index contributed by atoms with van der Waals surface area (Å²) < 4.78 is 30.9. The number of nitrogens with one attached hydrogen (secondary N) is 1. The number of hydrogen-bond acceptors (Lipinski definition) is 5. The molecule has 1 amide bonds. The largest absolute Gasteiger partial charge is 0.444 e. The van der Waals surface area contributed by atoms with Crippen molar-refractivity contribution in [2.45, 2.75) is 33.0 Å². The second kappa shape index (κ2) is 6.61. The first-order valence-corrected chi connectivity index (χ1v) is 7.77. The van der Waals surface area contributed by atoms with Gasteiger partial charge in [-0.15, -0.1) is 0 Å². The molecule has 21 heavy (non-hydrogen) atoms. The van der Waals surface area contributed by atoms with Crippen LogP contribution >= 0.6 is 11.6 Å². The Morgan fingerprint density at radius 2 is 2.00 bits per heavy atom. The van der Waals surface area contributed by atoms with Gasteiger partial charge in [0.1, 0.15) is 5.60 Å². The maximum Gasteiger partial charge on any atom is 0.412 e. The average molecular weight is 337 g/mol. The van der Waals surface area contributed by atoms with Crippen LogP contribution in [0.3, 0.4) is 0 Å². The van der Waals surface area contributed by atoms with Crippen LogP contribution in [0, 0.1) is 0 Å². The fraction of sp³-hybridized carbons (Fsp3) is 0.417. The fourth-order valence-corrected chi connectivity index (χ4v) is 1.86. The molecule has 7 nitrogen and oxygen atoms in total. The maximum atomic E-state index is 11.6. The summed E-state index contributed by atoms with van der Waals surface area (Å²) in [5.74, 6) is 0. The van der Waals surface area contributed by atoms with Crippen molar-refractivity contribution in [3.8, 4) is 0 Å². The number of hydrogen-bond donors (Lipinski definition) is 2. The predicted molar refractivity (Wildman–Crippen MR) is 79.2 cm³/mol. The number of nitrogens with two attached hydrogens (primary N) is 1. The molecule has 1 aromatic rings. The van der Waals surface area contributed by atoms with Crippen molar-refractivity contribution in [1.29, 1.82) is 0 Å². The molecule has 0 saturated heterocycles. The monoisotopic (exact) mass is 336 g/mol. The van der Waals surface area contributed by atoms with Gasteiger partial charge in [-0.25, -0.2) is 9.93 Å². The van der Waals surface area contributed by atoms with E-state index in [4.69, 9.17) is 21.5 Å². The van der Waals surface area contributed by atoms with Crippen molar-refractivity contribution < 1.29 is 22.1 Å². The third-order valence-electron chi connectivity index (χ3n) is 2.06. The van der Waals surface area contributed by atoms with E-state index in [1.54, 1.807) is 26.8 Å². The molecule has 0 spiro atoms. The molecule has 0 aliphatic rings. The van der Waals surface area contributed by atoms with E-state index >= 15 is 0 Å². The first-order valence-electron chi connectivity index (χ1n) is 5.92. The minimum absolute atomic E-state index is 0.219. The lowest BCUT2D eigenvalue weighted by Gasteiger charge is -2.20. The zero-order valence-corrected chi connectivity index (χ0v) is 13.4. The fourth-order valence-electron chi connectivity index (χ4n) is 1.31. The van der Waals surface area contributed by atoms with Crippen LogP contribution in [-0.2, 0) is 25.8 Å². The smallest absolute Gasteiger partial charge is 0.412 e. The van der Waals surface area contributed by atoms with Crippen molar-refractivity contribution in [3.63, 3.8) is 0 Å². The highest BCUT2D eigenvalue weighted by molar-refractivity contribution is 7.84. The first kappa shape index (κ1) is 17.7. The summed E-state index contributed by atoms with van der Waals surface area (Å²) in [6.45, 7) is 4.97.